The normalized spacial score (nSPS) is 11.3. The van der Waals surface area contributed by atoms with Crippen molar-refractivity contribution in [2.24, 2.45) is 4.99 Å². The fourth-order valence-electron chi connectivity index (χ4n) is 2.66. The largest absolute Gasteiger partial charge is 0.497 e. The number of nitrogens with zero attached hydrogens (tertiary/aromatic N) is 5. The number of methoxy groups -OCH3 is 3. The number of rotatable bonds is 7. The van der Waals surface area contributed by atoms with Crippen molar-refractivity contribution in [1.29, 1.82) is 0 Å². The van der Waals surface area contributed by atoms with Gasteiger partial charge in [-0.3, -0.25) is 4.99 Å². The highest BCUT2D eigenvalue weighted by molar-refractivity contribution is 5.40. The second-order valence-electron chi connectivity index (χ2n) is 5.78. The van der Waals surface area contributed by atoms with Gasteiger partial charge in [-0.1, -0.05) is 4.85 Å². The molecule has 2 aromatic carbocycles. The average Bonchev–Trinajstić information content (AvgIpc) is 3.08. The lowest BCUT2D eigenvalue weighted by atomic mass is 10.2. The molecule has 11 nitrogen and oxygen atoms in total. The average molecular weight is 401 g/mol. The van der Waals surface area contributed by atoms with Crippen LogP contribution in [0.4, 0.5) is 5.82 Å². The summed E-state index contributed by atoms with van der Waals surface area (Å²) in [5, 5.41) is 25.8. The molecule has 0 spiro atoms. The molecule has 1 N–H and O–H groups in total. The maximum Gasteiger partial charge on any atom is 0.438 e. The molecule has 3 rings (SSSR count). The third-order valence-electron chi connectivity index (χ3n) is 4.12. The van der Waals surface area contributed by atoms with Crippen LogP contribution >= 0.6 is 0 Å². The maximum absolute atomic E-state index is 11.4. The second-order valence-corrected chi connectivity index (χ2v) is 5.78. The molecular weight excluding hydrogens is 382 g/mol. The molecular formula is C18H19N5O6. The molecule has 152 valence electrons. The first-order valence-corrected chi connectivity index (χ1v) is 8.40. The van der Waals surface area contributed by atoms with Crippen LogP contribution in [-0.2, 0) is 6.54 Å². The summed E-state index contributed by atoms with van der Waals surface area (Å²) in [6.45, 7) is -0.00389. The molecule has 29 heavy (non-hydrogen) atoms. The van der Waals surface area contributed by atoms with Crippen molar-refractivity contribution in [3.63, 3.8) is 0 Å². The van der Waals surface area contributed by atoms with Gasteiger partial charge in [0.25, 0.3) is 5.49 Å². The van der Waals surface area contributed by atoms with Crippen molar-refractivity contribution in [2.75, 3.05) is 21.3 Å². The Balaban J connectivity index is 2.07. The molecule has 0 atom stereocenters. The molecule has 0 saturated heterocycles. The van der Waals surface area contributed by atoms with Gasteiger partial charge >= 0.3 is 5.82 Å². The topological polar surface area (TPSA) is 126 Å². The summed E-state index contributed by atoms with van der Waals surface area (Å²) in [5.74, 6) is 1.11. The first kappa shape index (κ1) is 19.7. The van der Waals surface area contributed by atoms with Gasteiger partial charge in [-0.15, -0.1) is 0 Å². The zero-order chi connectivity index (χ0) is 21.0. The number of benzene rings is 2. The van der Waals surface area contributed by atoms with E-state index in [4.69, 9.17) is 14.2 Å². The lowest BCUT2D eigenvalue weighted by molar-refractivity contribution is -0.391. The maximum atomic E-state index is 11.4. The fraction of sp³-hybridized carbons (Fsp3) is 0.222. The number of hydrogen-bond acceptors (Lipinski definition) is 8. The zero-order valence-corrected chi connectivity index (χ0v) is 16.0. The van der Waals surface area contributed by atoms with Crippen LogP contribution in [0.2, 0.25) is 0 Å². The molecule has 11 heteroatoms. The molecule has 0 aliphatic rings. The van der Waals surface area contributed by atoms with Crippen molar-refractivity contribution in [3.8, 4) is 22.9 Å². The van der Waals surface area contributed by atoms with Crippen molar-refractivity contribution < 1.29 is 24.3 Å². The first-order valence-electron chi connectivity index (χ1n) is 8.40. The smallest absolute Gasteiger partial charge is 0.438 e. The molecule has 0 aliphatic heterocycles. The quantitative estimate of drug-likeness (QED) is 0.364. The Labute approximate surface area is 165 Å². The molecule has 0 fully saturated rings. The molecule has 0 unspecified atom stereocenters. The summed E-state index contributed by atoms with van der Waals surface area (Å²) in [5.41, 5.74) is 0.700. The third-order valence-corrected chi connectivity index (χ3v) is 4.12. The van der Waals surface area contributed by atoms with E-state index in [0.717, 1.165) is 4.80 Å². The Morgan fingerprint density at radius 1 is 1.07 bits per heavy atom. The monoisotopic (exact) mass is 401 g/mol. The van der Waals surface area contributed by atoms with Gasteiger partial charge in [0.1, 0.15) is 22.9 Å². The molecule has 0 radical (unpaired) electrons. The van der Waals surface area contributed by atoms with Crippen molar-refractivity contribution in [3.05, 3.63) is 63.6 Å². The molecule has 1 heterocycles. The molecule has 0 aliphatic carbocycles. The van der Waals surface area contributed by atoms with Crippen molar-refractivity contribution in [2.45, 2.75) is 6.54 Å². The highest BCUT2D eigenvalue weighted by atomic mass is 16.6. The second kappa shape index (κ2) is 8.33. The lowest BCUT2D eigenvalue weighted by Crippen LogP contribution is -2.22. The number of nitro groups is 1. The van der Waals surface area contributed by atoms with Crippen LogP contribution in [0.15, 0.2) is 47.5 Å². The molecule has 0 amide bonds. The minimum atomic E-state index is -0.714. The minimum absolute atomic E-state index is 0.00389. The van der Waals surface area contributed by atoms with Gasteiger partial charge in [-0.25, -0.2) is 0 Å². The third kappa shape index (κ3) is 3.98. The SMILES string of the molecule is COc1ccc(-n2nc([N+](=O)[O-])c(=NCc3cc(OC)ccc3OC)n2O)cc1. The Morgan fingerprint density at radius 3 is 2.31 bits per heavy atom. The van der Waals surface area contributed by atoms with E-state index in [2.05, 4.69) is 10.1 Å². The van der Waals surface area contributed by atoms with Gasteiger partial charge in [0, 0.05) is 5.56 Å². The summed E-state index contributed by atoms with van der Waals surface area (Å²) >= 11 is 0. The van der Waals surface area contributed by atoms with Gasteiger partial charge in [0.2, 0.25) is 0 Å². The van der Waals surface area contributed by atoms with Crippen molar-refractivity contribution in [1.82, 2.24) is 14.7 Å². The standard InChI is InChI=1S/C18H19N5O6/c1-27-14-6-4-13(5-7-14)21-20-18(23(25)26)17(22(21)24)19-11-12-10-15(28-2)8-9-16(12)29-3/h4-10,24H,11H2,1-3H3. The van der Waals surface area contributed by atoms with Crippen LogP contribution in [-0.4, -0.2) is 46.2 Å². The van der Waals surface area contributed by atoms with E-state index in [1.54, 1.807) is 42.5 Å². The highest BCUT2D eigenvalue weighted by Crippen LogP contribution is 2.24. The van der Waals surface area contributed by atoms with E-state index in [1.807, 2.05) is 0 Å². The van der Waals surface area contributed by atoms with Gasteiger partial charge in [-0.2, -0.15) is 0 Å². The van der Waals surface area contributed by atoms with Crippen LogP contribution < -0.4 is 19.7 Å². The summed E-state index contributed by atoms with van der Waals surface area (Å²) in [6, 6.07) is 11.6. The Bertz CT molecular complexity index is 1090. The van der Waals surface area contributed by atoms with E-state index in [0.29, 0.717) is 33.3 Å². The van der Waals surface area contributed by atoms with E-state index < -0.39 is 10.7 Å². The highest BCUT2D eigenvalue weighted by Gasteiger charge is 2.24. The summed E-state index contributed by atoms with van der Waals surface area (Å²) in [4.78, 5) is 16.4. The Morgan fingerprint density at radius 2 is 1.72 bits per heavy atom. The van der Waals surface area contributed by atoms with Crippen LogP contribution in [0.1, 0.15) is 5.56 Å². The number of hydrogen-bond donors (Lipinski definition) is 1. The fourth-order valence-corrected chi connectivity index (χ4v) is 2.66. The molecule has 1 aromatic heterocycles. The van der Waals surface area contributed by atoms with Crippen LogP contribution in [0.25, 0.3) is 5.69 Å². The van der Waals surface area contributed by atoms with E-state index in [9.17, 15) is 15.3 Å². The van der Waals surface area contributed by atoms with Crippen molar-refractivity contribution >= 4 is 5.82 Å². The Kier molecular flexibility index (Phi) is 5.67. The van der Waals surface area contributed by atoms with E-state index in [1.165, 1.54) is 21.3 Å². The molecule has 0 bridgehead atoms. The van der Waals surface area contributed by atoms with Gasteiger partial charge in [0.05, 0.1) is 33.0 Å². The summed E-state index contributed by atoms with van der Waals surface area (Å²) in [6.07, 6.45) is 0. The van der Waals surface area contributed by atoms with Crippen LogP contribution in [0, 0.1) is 10.1 Å². The lowest BCUT2D eigenvalue weighted by Gasteiger charge is -2.08. The van der Waals surface area contributed by atoms with E-state index >= 15 is 0 Å². The van der Waals surface area contributed by atoms with Gasteiger partial charge < -0.3 is 29.5 Å². The van der Waals surface area contributed by atoms with Crippen LogP contribution in [0.5, 0.6) is 17.2 Å². The number of aromatic nitrogens is 3. The number of ether oxygens (including phenoxy) is 3. The molecule has 0 saturated carbocycles. The Hall–Kier alpha value is -4.02. The first-order chi connectivity index (χ1) is 14.0. The van der Waals surface area contributed by atoms with E-state index in [-0.39, 0.29) is 12.0 Å². The van der Waals surface area contributed by atoms with Gasteiger partial charge in [-0.05, 0) is 52.2 Å². The molecule has 3 aromatic rings. The summed E-state index contributed by atoms with van der Waals surface area (Å²) in [7, 11) is 4.54. The predicted octanol–water partition coefficient (Wildman–Crippen LogP) is 1.95. The predicted molar refractivity (Wildman–Crippen MR) is 101 cm³/mol. The summed E-state index contributed by atoms with van der Waals surface area (Å²) < 4.78 is 15.6. The zero-order valence-electron chi connectivity index (χ0n) is 16.0. The van der Waals surface area contributed by atoms with Gasteiger partial charge in [0.15, 0.2) is 0 Å². The minimum Gasteiger partial charge on any atom is -0.497 e. The van der Waals surface area contributed by atoms with Crippen LogP contribution in [0.3, 0.4) is 0 Å².